The molecular weight excluding hydrogens is 212 g/mol. The molecule has 2 rings (SSSR count). The first-order valence-corrected chi connectivity index (χ1v) is 5.86. The monoisotopic (exact) mass is 224 g/mol. The van der Waals surface area contributed by atoms with E-state index in [2.05, 4.69) is 37.1 Å². The third-order valence-electron chi connectivity index (χ3n) is 2.35. The first-order chi connectivity index (χ1) is 6.77. The maximum absolute atomic E-state index is 5.36. The fraction of sp³-hybridized carbons (Fsp3) is 0.273. The van der Waals surface area contributed by atoms with Crippen LogP contribution in [0.25, 0.3) is 10.1 Å². The Bertz CT molecular complexity index is 460. The van der Waals surface area contributed by atoms with Crippen molar-refractivity contribution < 1.29 is 4.74 Å². The molecule has 2 aromatic rings. The van der Waals surface area contributed by atoms with E-state index in [9.17, 15) is 0 Å². The molecule has 0 amide bonds. The minimum atomic E-state index is 0.963. The lowest BCUT2D eigenvalue weighted by atomic mass is 10.1. The quantitative estimate of drug-likeness (QED) is 0.764. The van der Waals surface area contributed by atoms with Gasteiger partial charge < -0.3 is 4.74 Å². The van der Waals surface area contributed by atoms with E-state index in [1.54, 1.807) is 18.4 Å². The van der Waals surface area contributed by atoms with E-state index in [1.807, 2.05) is 0 Å². The Kier molecular flexibility index (Phi) is 2.70. The number of aryl methyl sites for hydroxylation is 1. The van der Waals surface area contributed by atoms with Crippen molar-refractivity contribution in [3.63, 3.8) is 0 Å². The van der Waals surface area contributed by atoms with Gasteiger partial charge in [0.1, 0.15) is 5.75 Å². The summed E-state index contributed by atoms with van der Waals surface area (Å²) >= 11 is 6.25. The standard InChI is InChI=1S/C11H12OS2/c1-3-7-6-9(12-2)11-8(10(7)13)4-5-14-11/h4-6,13H,3H2,1-2H3. The average molecular weight is 224 g/mol. The lowest BCUT2D eigenvalue weighted by Gasteiger charge is -2.08. The Labute approximate surface area is 93.1 Å². The van der Waals surface area contributed by atoms with Crippen LogP contribution in [0.15, 0.2) is 22.4 Å². The van der Waals surface area contributed by atoms with E-state index < -0.39 is 0 Å². The Morgan fingerprint density at radius 3 is 2.93 bits per heavy atom. The van der Waals surface area contributed by atoms with Crippen molar-refractivity contribution >= 4 is 34.1 Å². The third kappa shape index (κ3) is 1.41. The van der Waals surface area contributed by atoms with Gasteiger partial charge in [0, 0.05) is 10.3 Å². The van der Waals surface area contributed by atoms with Gasteiger partial charge in [-0.1, -0.05) is 6.92 Å². The second kappa shape index (κ2) is 3.83. The highest BCUT2D eigenvalue weighted by Crippen LogP contribution is 2.37. The Balaban J connectivity index is 2.80. The van der Waals surface area contributed by atoms with Crippen molar-refractivity contribution in [3.05, 3.63) is 23.1 Å². The highest BCUT2D eigenvalue weighted by molar-refractivity contribution is 7.80. The SMILES string of the molecule is CCc1cc(OC)c2sccc2c1S. The second-order valence-corrected chi connectivity index (χ2v) is 4.47. The van der Waals surface area contributed by atoms with Crippen molar-refractivity contribution in [1.29, 1.82) is 0 Å². The van der Waals surface area contributed by atoms with Crippen molar-refractivity contribution in [2.24, 2.45) is 0 Å². The third-order valence-corrected chi connectivity index (χ3v) is 3.81. The van der Waals surface area contributed by atoms with Crippen LogP contribution in [0.1, 0.15) is 12.5 Å². The molecule has 0 atom stereocenters. The normalized spacial score (nSPS) is 10.8. The molecule has 0 radical (unpaired) electrons. The number of thiophene rings is 1. The summed E-state index contributed by atoms with van der Waals surface area (Å²) in [5.41, 5.74) is 1.25. The van der Waals surface area contributed by atoms with Crippen molar-refractivity contribution in [2.45, 2.75) is 18.2 Å². The molecule has 74 valence electrons. The minimum Gasteiger partial charge on any atom is -0.495 e. The fourth-order valence-corrected chi connectivity index (χ4v) is 2.95. The van der Waals surface area contributed by atoms with Crippen molar-refractivity contribution in [2.75, 3.05) is 7.11 Å². The van der Waals surface area contributed by atoms with Crippen LogP contribution in [-0.4, -0.2) is 7.11 Å². The first-order valence-electron chi connectivity index (χ1n) is 4.54. The van der Waals surface area contributed by atoms with Crippen LogP contribution in [0.4, 0.5) is 0 Å². The number of rotatable bonds is 2. The first kappa shape index (κ1) is 9.87. The number of hydrogen-bond acceptors (Lipinski definition) is 3. The molecule has 0 bridgehead atoms. The number of thiol groups is 1. The molecule has 0 saturated carbocycles. The van der Waals surface area contributed by atoms with Crippen LogP contribution in [0.5, 0.6) is 5.75 Å². The van der Waals surface area contributed by atoms with Crippen LogP contribution in [0.2, 0.25) is 0 Å². The van der Waals surface area contributed by atoms with Gasteiger partial charge in [0.2, 0.25) is 0 Å². The number of methoxy groups -OCH3 is 1. The highest BCUT2D eigenvalue weighted by Gasteiger charge is 2.09. The Morgan fingerprint density at radius 2 is 2.29 bits per heavy atom. The second-order valence-electron chi connectivity index (χ2n) is 3.10. The Morgan fingerprint density at radius 1 is 1.50 bits per heavy atom. The summed E-state index contributed by atoms with van der Waals surface area (Å²) in [6.45, 7) is 2.13. The molecule has 0 aliphatic carbocycles. The predicted molar refractivity (Wildman–Crippen MR) is 65.0 cm³/mol. The largest absolute Gasteiger partial charge is 0.495 e. The zero-order chi connectivity index (χ0) is 10.1. The van der Waals surface area contributed by atoms with E-state index in [-0.39, 0.29) is 0 Å². The van der Waals surface area contributed by atoms with Crippen molar-refractivity contribution in [1.82, 2.24) is 0 Å². The lowest BCUT2D eigenvalue weighted by Crippen LogP contribution is -1.88. The van der Waals surface area contributed by atoms with Crippen LogP contribution >= 0.6 is 24.0 Å². The van der Waals surface area contributed by atoms with E-state index in [4.69, 9.17) is 4.74 Å². The summed E-state index contributed by atoms with van der Waals surface area (Å²) in [6.07, 6.45) is 0.987. The average Bonchev–Trinajstić information content (AvgIpc) is 2.68. The van der Waals surface area contributed by atoms with E-state index in [1.165, 1.54) is 15.6 Å². The molecule has 1 aromatic carbocycles. The van der Waals surface area contributed by atoms with Crippen LogP contribution in [0, 0.1) is 0 Å². The van der Waals surface area contributed by atoms with Gasteiger partial charge in [0.15, 0.2) is 0 Å². The van der Waals surface area contributed by atoms with E-state index >= 15 is 0 Å². The zero-order valence-corrected chi connectivity index (χ0v) is 9.91. The molecule has 1 aromatic heterocycles. The molecule has 0 spiro atoms. The van der Waals surface area contributed by atoms with E-state index in [0.717, 1.165) is 17.1 Å². The van der Waals surface area contributed by atoms with Gasteiger partial charge >= 0.3 is 0 Å². The van der Waals surface area contributed by atoms with Crippen molar-refractivity contribution in [3.8, 4) is 5.75 Å². The summed E-state index contributed by atoms with van der Waals surface area (Å²) in [5, 5.41) is 3.28. The molecule has 1 heterocycles. The summed E-state index contributed by atoms with van der Waals surface area (Å²) < 4.78 is 6.55. The van der Waals surface area contributed by atoms with Gasteiger partial charge in [-0.05, 0) is 29.5 Å². The van der Waals surface area contributed by atoms with Gasteiger partial charge in [-0.25, -0.2) is 0 Å². The topological polar surface area (TPSA) is 9.23 Å². The lowest BCUT2D eigenvalue weighted by molar-refractivity contribution is 0.420. The zero-order valence-electron chi connectivity index (χ0n) is 8.20. The predicted octanol–water partition coefficient (Wildman–Crippen LogP) is 3.76. The summed E-state index contributed by atoms with van der Waals surface area (Å²) in [6, 6.07) is 4.19. The molecule has 0 aliphatic heterocycles. The minimum absolute atomic E-state index is 0.963. The molecule has 0 unspecified atom stereocenters. The Hall–Kier alpha value is -0.670. The molecule has 0 fully saturated rings. The number of ether oxygens (including phenoxy) is 1. The highest BCUT2D eigenvalue weighted by atomic mass is 32.1. The number of fused-ring (bicyclic) bond motifs is 1. The van der Waals surface area contributed by atoms with Gasteiger partial charge in [-0.2, -0.15) is 0 Å². The van der Waals surface area contributed by atoms with Gasteiger partial charge in [-0.3, -0.25) is 0 Å². The molecular formula is C11H12OS2. The molecule has 1 nitrogen and oxygen atoms in total. The molecule has 0 aliphatic rings. The maximum atomic E-state index is 5.36. The van der Waals surface area contributed by atoms with Gasteiger partial charge in [0.05, 0.1) is 11.8 Å². The molecule has 0 saturated heterocycles. The van der Waals surface area contributed by atoms with Crippen LogP contribution < -0.4 is 4.74 Å². The number of benzene rings is 1. The fourth-order valence-electron chi connectivity index (χ4n) is 1.57. The summed E-state index contributed by atoms with van der Waals surface area (Å²) in [5.74, 6) is 0.963. The molecule has 3 heteroatoms. The number of hydrogen-bond donors (Lipinski definition) is 1. The van der Waals surface area contributed by atoms with Crippen LogP contribution in [-0.2, 0) is 6.42 Å². The van der Waals surface area contributed by atoms with E-state index in [0.29, 0.717) is 0 Å². The van der Waals surface area contributed by atoms with Gasteiger partial charge in [0.25, 0.3) is 0 Å². The molecule has 14 heavy (non-hydrogen) atoms. The summed E-state index contributed by atoms with van der Waals surface area (Å²) in [7, 11) is 1.71. The summed E-state index contributed by atoms with van der Waals surface area (Å²) in [4.78, 5) is 1.09. The van der Waals surface area contributed by atoms with Crippen LogP contribution in [0.3, 0.4) is 0 Å². The maximum Gasteiger partial charge on any atom is 0.136 e. The molecule has 0 N–H and O–H groups in total. The van der Waals surface area contributed by atoms with Gasteiger partial charge in [-0.15, -0.1) is 24.0 Å². The smallest absolute Gasteiger partial charge is 0.136 e.